The van der Waals surface area contributed by atoms with Crippen molar-refractivity contribution >= 4 is 22.5 Å². The predicted octanol–water partition coefficient (Wildman–Crippen LogP) is 3.76. The van der Waals surface area contributed by atoms with E-state index < -0.39 is 0 Å². The van der Waals surface area contributed by atoms with Gasteiger partial charge in [0.2, 0.25) is 0 Å². The molecule has 0 atom stereocenters. The molecular weight excluding hydrogens is 274 g/mol. The standard InChI is InChI=1S/C17H13N5/c1-3-7-12(8-4-1)15-14-16(18-11-19-17(14)22-21-15)20-13-9-5-2-6-10-13/h1-11H,(H2,18,19,20,21,22). The third kappa shape index (κ3) is 2.18. The Morgan fingerprint density at radius 3 is 2.32 bits per heavy atom. The smallest absolute Gasteiger partial charge is 0.186 e. The second-order valence-corrected chi connectivity index (χ2v) is 4.88. The number of nitrogens with one attached hydrogen (secondary N) is 2. The van der Waals surface area contributed by atoms with Crippen molar-refractivity contribution in [2.45, 2.75) is 0 Å². The van der Waals surface area contributed by atoms with E-state index in [4.69, 9.17) is 0 Å². The van der Waals surface area contributed by atoms with Gasteiger partial charge in [0, 0.05) is 11.3 Å². The summed E-state index contributed by atoms with van der Waals surface area (Å²) in [4.78, 5) is 8.61. The molecule has 2 aromatic heterocycles. The summed E-state index contributed by atoms with van der Waals surface area (Å²) in [7, 11) is 0. The number of hydrogen-bond acceptors (Lipinski definition) is 4. The normalized spacial score (nSPS) is 10.7. The minimum atomic E-state index is 0.646. The first-order chi connectivity index (χ1) is 10.9. The molecule has 2 aromatic carbocycles. The third-order valence-corrected chi connectivity index (χ3v) is 3.45. The number of aromatic nitrogens is 4. The van der Waals surface area contributed by atoms with E-state index >= 15 is 0 Å². The molecule has 0 saturated heterocycles. The lowest BCUT2D eigenvalue weighted by Gasteiger charge is -2.07. The van der Waals surface area contributed by atoms with Crippen LogP contribution in [0.1, 0.15) is 0 Å². The maximum absolute atomic E-state index is 4.38. The van der Waals surface area contributed by atoms with Crippen molar-refractivity contribution in [3.63, 3.8) is 0 Å². The molecule has 5 nitrogen and oxygen atoms in total. The zero-order chi connectivity index (χ0) is 14.8. The summed E-state index contributed by atoms with van der Waals surface area (Å²) in [6.07, 6.45) is 1.52. The zero-order valence-electron chi connectivity index (χ0n) is 11.7. The molecule has 4 aromatic rings. The highest BCUT2D eigenvalue weighted by atomic mass is 15.2. The molecule has 0 radical (unpaired) electrons. The Kier molecular flexibility index (Phi) is 3.01. The highest BCUT2D eigenvalue weighted by molar-refractivity contribution is 5.99. The number of fused-ring (bicyclic) bond motifs is 1. The van der Waals surface area contributed by atoms with Crippen LogP contribution >= 0.6 is 0 Å². The number of para-hydroxylation sites is 1. The number of benzene rings is 2. The molecule has 0 aliphatic heterocycles. The van der Waals surface area contributed by atoms with Gasteiger partial charge in [0.05, 0.1) is 11.1 Å². The van der Waals surface area contributed by atoms with Crippen molar-refractivity contribution in [3.8, 4) is 11.3 Å². The van der Waals surface area contributed by atoms with E-state index in [1.165, 1.54) is 6.33 Å². The maximum atomic E-state index is 4.38. The zero-order valence-corrected chi connectivity index (χ0v) is 11.7. The Morgan fingerprint density at radius 1 is 0.818 bits per heavy atom. The van der Waals surface area contributed by atoms with Gasteiger partial charge >= 0.3 is 0 Å². The lowest BCUT2D eigenvalue weighted by atomic mass is 10.1. The molecular formula is C17H13N5. The van der Waals surface area contributed by atoms with Crippen LogP contribution in [0.25, 0.3) is 22.3 Å². The summed E-state index contributed by atoms with van der Waals surface area (Å²) in [6.45, 7) is 0. The molecule has 0 fully saturated rings. The lowest BCUT2D eigenvalue weighted by molar-refractivity contribution is 1.09. The maximum Gasteiger partial charge on any atom is 0.186 e. The minimum Gasteiger partial charge on any atom is -0.340 e. The summed E-state index contributed by atoms with van der Waals surface area (Å²) < 4.78 is 0. The topological polar surface area (TPSA) is 66.5 Å². The molecule has 0 amide bonds. The monoisotopic (exact) mass is 287 g/mol. The average molecular weight is 287 g/mol. The Balaban J connectivity index is 1.87. The van der Waals surface area contributed by atoms with Crippen molar-refractivity contribution in [1.29, 1.82) is 0 Å². The van der Waals surface area contributed by atoms with Crippen LogP contribution in [0.2, 0.25) is 0 Å². The van der Waals surface area contributed by atoms with E-state index in [-0.39, 0.29) is 0 Å². The molecule has 106 valence electrons. The van der Waals surface area contributed by atoms with E-state index in [1.54, 1.807) is 0 Å². The number of aromatic amines is 1. The molecule has 22 heavy (non-hydrogen) atoms. The van der Waals surface area contributed by atoms with Gasteiger partial charge in [0.15, 0.2) is 5.65 Å². The van der Waals surface area contributed by atoms with Gasteiger partial charge in [-0.2, -0.15) is 5.10 Å². The van der Waals surface area contributed by atoms with Crippen LogP contribution in [0, 0.1) is 0 Å². The lowest BCUT2D eigenvalue weighted by Crippen LogP contribution is -1.95. The van der Waals surface area contributed by atoms with Gasteiger partial charge in [0.1, 0.15) is 12.1 Å². The highest BCUT2D eigenvalue weighted by Crippen LogP contribution is 2.30. The van der Waals surface area contributed by atoms with Crippen LogP contribution in [0.4, 0.5) is 11.5 Å². The van der Waals surface area contributed by atoms with Crippen molar-refractivity contribution in [3.05, 3.63) is 67.0 Å². The number of nitrogens with zero attached hydrogens (tertiary/aromatic N) is 3. The van der Waals surface area contributed by atoms with Crippen LogP contribution in [0.3, 0.4) is 0 Å². The van der Waals surface area contributed by atoms with Crippen molar-refractivity contribution in [2.75, 3.05) is 5.32 Å². The second kappa shape index (κ2) is 5.29. The van der Waals surface area contributed by atoms with Crippen LogP contribution in [0.5, 0.6) is 0 Å². The minimum absolute atomic E-state index is 0.646. The van der Waals surface area contributed by atoms with Gasteiger partial charge in [-0.3, -0.25) is 5.10 Å². The summed E-state index contributed by atoms with van der Waals surface area (Å²) >= 11 is 0. The molecule has 0 aliphatic rings. The largest absolute Gasteiger partial charge is 0.340 e. The Hall–Kier alpha value is -3.21. The first-order valence-electron chi connectivity index (χ1n) is 6.98. The number of H-pyrrole nitrogens is 1. The van der Waals surface area contributed by atoms with E-state index in [0.29, 0.717) is 5.65 Å². The first kappa shape index (κ1) is 12.5. The fraction of sp³-hybridized carbons (Fsp3) is 0. The Labute approximate surface area is 127 Å². The molecule has 2 heterocycles. The number of hydrogen-bond donors (Lipinski definition) is 2. The summed E-state index contributed by atoms with van der Waals surface area (Å²) in [5.41, 5.74) is 3.58. The van der Waals surface area contributed by atoms with Crippen LogP contribution in [-0.4, -0.2) is 20.2 Å². The fourth-order valence-corrected chi connectivity index (χ4v) is 2.42. The van der Waals surface area contributed by atoms with Gasteiger partial charge in [-0.15, -0.1) is 0 Å². The van der Waals surface area contributed by atoms with Gasteiger partial charge in [-0.1, -0.05) is 48.5 Å². The Bertz CT molecular complexity index is 900. The molecule has 0 saturated carbocycles. The molecule has 5 heteroatoms. The number of rotatable bonds is 3. The van der Waals surface area contributed by atoms with Crippen molar-refractivity contribution < 1.29 is 0 Å². The summed E-state index contributed by atoms with van der Waals surface area (Å²) in [6, 6.07) is 20.0. The van der Waals surface area contributed by atoms with Crippen molar-refractivity contribution in [2.24, 2.45) is 0 Å². The third-order valence-electron chi connectivity index (χ3n) is 3.45. The summed E-state index contributed by atoms with van der Waals surface area (Å²) in [5, 5.41) is 11.6. The SMILES string of the molecule is c1ccc(Nc2ncnc3n[nH]c(-c4ccccc4)c23)cc1. The summed E-state index contributed by atoms with van der Waals surface area (Å²) in [5.74, 6) is 0.740. The van der Waals surface area contributed by atoms with E-state index in [1.807, 2.05) is 60.7 Å². The quantitative estimate of drug-likeness (QED) is 0.602. The van der Waals surface area contributed by atoms with E-state index in [9.17, 15) is 0 Å². The molecule has 4 rings (SSSR count). The fourth-order valence-electron chi connectivity index (χ4n) is 2.42. The predicted molar refractivity (Wildman–Crippen MR) is 86.8 cm³/mol. The Morgan fingerprint density at radius 2 is 1.55 bits per heavy atom. The molecule has 0 spiro atoms. The first-order valence-corrected chi connectivity index (χ1v) is 6.98. The van der Waals surface area contributed by atoms with Gasteiger partial charge in [-0.05, 0) is 12.1 Å². The van der Waals surface area contributed by atoms with E-state index in [0.717, 1.165) is 28.1 Å². The van der Waals surface area contributed by atoms with Crippen molar-refractivity contribution in [1.82, 2.24) is 20.2 Å². The average Bonchev–Trinajstić information content (AvgIpc) is 3.02. The van der Waals surface area contributed by atoms with E-state index in [2.05, 4.69) is 25.5 Å². The molecule has 2 N–H and O–H groups in total. The second-order valence-electron chi connectivity index (χ2n) is 4.88. The van der Waals surface area contributed by atoms with Gasteiger partial charge in [0.25, 0.3) is 0 Å². The van der Waals surface area contributed by atoms with Crippen LogP contribution < -0.4 is 5.32 Å². The molecule has 0 unspecified atom stereocenters. The van der Waals surface area contributed by atoms with Gasteiger partial charge < -0.3 is 5.32 Å². The molecule has 0 bridgehead atoms. The van der Waals surface area contributed by atoms with Crippen LogP contribution in [0.15, 0.2) is 67.0 Å². The highest BCUT2D eigenvalue weighted by Gasteiger charge is 2.14. The molecule has 0 aliphatic carbocycles. The van der Waals surface area contributed by atoms with Crippen LogP contribution in [-0.2, 0) is 0 Å². The van der Waals surface area contributed by atoms with Gasteiger partial charge in [-0.25, -0.2) is 9.97 Å². The number of anilines is 2.